The van der Waals surface area contributed by atoms with Gasteiger partial charge in [-0.3, -0.25) is 0 Å². The van der Waals surface area contributed by atoms with Crippen LogP contribution < -0.4 is 4.57 Å². The van der Waals surface area contributed by atoms with Crippen LogP contribution in [0.2, 0.25) is 13.1 Å². The molecule has 0 aliphatic rings. The van der Waals surface area contributed by atoms with Crippen LogP contribution in [0, 0.1) is 0 Å². The van der Waals surface area contributed by atoms with Gasteiger partial charge in [0.2, 0.25) is 0 Å². The third-order valence-electron chi connectivity index (χ3n) is 2.45. The highest BCUT2D eigenvalue weighted by molar-refractivity contribution is 6.74. The lowest BCUT2D eigenvalue weighted by Gasteiger charge is -2.33. The van der Waals surface area contributed by atoms with E-state index in [-0.39, 0.29) is 0 Å². The molecule has 0 aliphatic heterocycles. The quantitative estimate of drug-likeness (QED) is 0.687. The van der Waals surface area contributed by atoms with Crippen LogP contribution in [0.25, 0.3) is 0 Å². The average molecular weight is 195 g/mol. The fourth-order valence-electron chi connectivity index (χ4n) is 1.10. The summed E-state index contributed by atoms with van der Waals surface area (Å²) in [6, 6.07) is 10.3. The molecule has 0 fully saturated rings. The standard InChI is InChI=1S/C10H17NOSi/c1-11(13(3,4)12-2)10-8-6-5-7-9-10/h5-9H,1-4H3. The molecule has 72 valence electrons. The Bertz CT molecular complexity index is 261. The van der Waals surface area contributed by atoms with E-state index in [2.05, 4.69) is 36.8 Å². The Hall–Kier alpha value is -0.803. The van der Waals surface area contributed by atoms with Gasteiger partial charge in [-0.05, 0) is 32.3 Å². The molecule has 1 rings (SSSR count). The smallest absolute Gasteiger partial charge is 0.293 e. The van der Waals surface area contributed by atoms with E-state index in [1.807, 2.05) is 18.2 Å². The summed E-state index contributed by atoms with van der Waals surface area (Å²) in [5.41, 5.74) is 1.22. The van der Waals surface area contributed by atoms with Gasteiger partial charge in [-0.1, -0.05) is 18.2 Å². The van der Waals surface area contributed by atoms with Gasteiger partial charge in [0.05, 0.1) is 0 Å². The van der Waals surface area contributed by atoms with Crippen molar-refractivity contribution in [1.29, 1.82) is 0 Å². The fraction of sp³-hybridized carbons (Fsp3) is 0.400. The summed E-state index contributed by atoms with van der Waals surface area (Å²) in [7, 11) is 2.18. The van der Waals surface area contributed by atoms with E-state index in [0.717, 1.165) is 0 Å². The maximum atomic E-state index is 5.52. The van der Waals surface area contributed by atoms with Crippen LogP contribution in [0.15, 0.2) is 30.3 Å². The first-order chi connectivity index (χ1) is 6.08. The molecule has 1 aromatic carbocycles. The summed E-state index contributed by atoms with van der Waals surface area (Å²) in [5.74, 6) is 0. The van der Waals surface area contributed by atoms with E-state index in [0.29, 0.717) is 0 Å². The van der Waals surface area contributed by atoms with Crippen LogP contribution in [0.5, 0.6) is 0 Å². The van der Waals surface area contributed by atoms with Crippen LogP contribution in [0.3, 0.4) is 0 Å². The summed E-state index contributed by atoms with van der Waals surface area (Å²) >= 11 is 0. The number of hydrogen-bond donors (Lipinski definition) is 0. The van der Waals surface area contributed by atoms with Crippen LogP contribution in [-0.4, -0.2) is 22.6 Å². The van der Waals surface area contributed by atoms with Crippen molar-refractivity contribution in [1.82, 2.24) is 0 Å². The Labute approximate surface area is 81.3 Å². The maximum absolute atomic E-state index is 5.52. The second-order valence-electron chi connectivity index (χ2n) is 3.55. The molecule has 1 aromatic rings. The Kier molecular flexibility index (Phi) is 3.11. The topological polar surface area (TPSA) is 12.5 Å². The molecule has 0 unspecified atom stereocenters. The van der Waals surface area contributed by atoms with Crippen LogP contribution in [0.1, 0.15) is 0 Å². The minimum atomic E-state index is -1.69. The zero-order valence-electron chi connectivity index (χ0n) is 8.74. The first kappa shape index (κ1) is 10.3. The zero-order valence-corrected chi connectivity index (χ0v) is 9.74. The molecule has 0 aromatic heterocycles. The number of anilines is 1. The van der Waals surface area contributed by atoms with E-state index >= 15 is 0 Å². The minimum Gasteiger partial charge on any atom is -0.402 e. The van der Waals surface area contributed by atoms with E-state index in [1.165, 1.54) is 5.69 Å². The molecule has 0 saturated carbocycles. The molecular formula is C10H17NOSi. The maximum Gasteiger partial charge on any atom is 0.293 e. The Morgan fingerprint density at radius 1 is 1.15 bits per heavy atom. The van der Waals surface area contributed by atoms with E-state index in [1.54, 1.807) is 7.11 Å². The number of benzene rings is 1. The van der Waals surface area contributed by atoms with Gasteiger partial charge < -0.3 is 8.99 Å². The monoisotopic (exact) mass is 195 g/mol. The molecule has 0 N–H and O–H groups in total. The number of para-hydroxylation sites is 1. The number of rotatable bonds is 3. The first-order valence-corrected chi connectivity index (χ1v) is 7.27. The SMILES string of the molecule is CO[Si](C)(C)N(C)c1ccccc1. The Balaban J connectivity index is 2.85. The van der Waals surface area contributed by atoms with Gasteiger partial charge in [-0.2, -0.15) is 0 Å². The summed E-state index contributed by atoms with van der Waals surface area (Å²) in [6.07, 6.45) is 0. The van der Waals surface area contributed by atoms with Crippen molar-refractivity contribution in [2.75, 3.05) is 18.7 Å². The van der Waals surface area contributed by atoms with Gasteiger partial charge in [-0.25, -0.2) is 0 Å². The van der Waals surface area contributed by atoms with Gasteiger partial charge in [0, 0.05) is 12.8 Å². The minimum absolute atomic E-state index is 1.22. The van der Waals surface area contributed by atoms with Gasteiger partial charge in [0.25, 0.3) is 8.48 Å². The summed E-state index contributed by atoms with van der Waals surface area (Å²) in [5, 5.41) is 0. The van der Waals surface area contributed by atoms with Crippen molar-refractivity contribution < 1.29 is 4.43 Å². The molecule has 0 aliphatic carbocycles. The van der Waals surface area contributed by atoms with Gasteiger partial charge in [-0.15, -0.1) is 0 Å². The summed E-state index contributed by atoms with van der Waals surface area (Å²) in [4.78, 5) is 0. The number of nitrogens with zero attached hydrogens (tertiary/aromatic N) is 1. The Morgan fingerprint density at radius 3 is 2.15 bits per heavy atom. The van der Waals surface area contributed by atoms with E-state index in [4.69, 9.17) is 4.43 Å². The molecule has 0 bridgehead atoms. The molecule has 0 heterocycles. The lowest BCUT2D eigenvalue weighted by Crippen LogP contribution is -2.48. The molecule has 0 amide bonds. The molecule has 3 heteroatoms. The van der Waals surface area contributed by atoms with Crippen molar-refractivity contribution in [2.45, 2.75) is 13.1 Å². The van der Waals surface area contributed by atoms with Crippen molar-refractivity contribution >= 4 is 14.2 Å². The predicted octanol–water partition coefficient (Wildman–Crippen LogP) is 2.47. The summed E-state index contributed by atoms with van der Waals surface area (Å²) < 4.78 is 7.76. The molecule has 13 heavy (non-hydrogen) atoms. The Morgan fingerprint density at radius 2 is 1.69 bits per heavy atom. The second-order valence-corrected chi connectivity index (χ2v) is 7.52. The molecule has 0 atom stereocenters. The number of hydrogen-bond acceptors (Lipinski definition) is 2. The summed E-state index contributed by atoms with van der Waals surface area (Å²) in [6.45, 7) is 4.36. The van der Waals surface area contributed by atoms with Crippen LogP contribution in [0.4, 0.5) is 5.69 Å². The average Bonchev–Trinajstić information content (AvgIpc) is 2.18. The van der Waals surface area contributed by atoms with Gasteiger partial charge >= 0.3 is 0 Å². The molecule has 0 spiro atoms. The predicted molar refractivity (Wildman–Crippen MR) is 59.3 cm³/mol. The molecule has 0 radical (unpaired) electrons. The first-order valence-electron chi connectivity index (χ1n) is 4.42. The zero-order chi connectivity index (χ0) is 9.90. The fourth-order valence-corrected chi connectivity index (χ4v) is 2.14. The van der Waals surface area contributed by atoms with Gasteiger partial charge in [0.15, 0.2) is 0 Å². The lowest BCUT2D eigenvalue weighted by molar-refractivity contribution is 0.403. The second kappa shape index (κ2) is 3.94. The van der Waals surface area contributed by atoms with Gasteiger partial charge in [0.1, 0.15) is 0 Å². The largest absolute Gasteiger partial charge is 0.402 e. The third kappa shape index (κ3) is 2.32. The molecule has 0 saturated heterocycles. The third-order valence-corrected chi connectivity index (χ3v) is 5.32. The highest BCUT2D eigenvalue weighted by Gasteiger charge is 2.27. The van der Waals surface area contributed by atoms with Crippen molar-refractivity contribution in [2.24, 2.45) is 0 Å². The van der Waals surface area contributed by atoms with Crippen molar-refractivity contribution in [3.05, 3.63) is 30.3 Å². The molecular weight excluding hydrogens is 178 g/mol. The normalized spacial score (nSPS) is 11.4. The van der Waals surface area contributed by atoms with Crippen molar-refractivity contribution in [3.63, 3.8) is 0 Å². The van der Waals surface area contributed by atoms with Crippen molar-refractivity contribution in [3.8, 4) is 0 Å². The van der Waals surface area contributed by atoms with E-state index in [9.17, 15) is 0 Å². The molecule has 2 nitrogen and oxygen atoms in total. The highest BCUT2D eigenvalue weighted by Crippen LogP contribution is 2.18. The highest BCUT2D eigenvalue weighted by atomic mass is 28.4. The van der Waals surface area contributed by atoms with E-state index < -0.39 is 8.48 Å². The lowest BCUT2D eigenvalue weighted by atomic mass is 10.3. The van der Waals surface area contributed by atoms with Crippen LogP contribution >= 0.6 is 0 Å². The van der Waals surface area contributed by atoms with Crippen LogP contribution in [-0.2, 0) is 4.43 Å².